The zero-order chi connectivity index (χ0) is 24.6. The lowest BCUT2D eigenvalue weighted by Crippen LogP contribution is -2.46. The van der Waals surface area contributed by atoms with Crippen LogP contribution in [0.5, 0.6) is 0 Å². The number of ketones is 1. The number of nitrogens with two attached hydrogens (primary N) is 1. The van der Waals surface area contributed by atoms with E-state index in [9.17, 15) is 19.1 Å². The number of hydrogen-bond donors (Lipinski definition) is 2. The number of allylic oxidation sites excluding steroid dienone is 1. The summed E-state index contributed by atoms with van der Waals surface area (Å²) in [5.74, 6) is -1.05. The van der Waals surface area contributed by atoms with Crippen molar-refractivity contribution in [1.29, 1.82) is 0 Å². The number of carbonyl (C=O) groups is 2. The maximum Gasteiger partial charge on any atom is 0.343 e. The molecule has 2 heterocycles. The number of Topliss-reactive ketones (excluding diaryl/α,β-unsaturated/α-hetero) is 1. The molecule has 0 spiro atoms. The van der Waals surface area contributed by atoms with Gasteiger partial charge in [-0.25, -0.2) is 14.2 Å². The van der Waals surface area contributed by atoms with Gasteiger partial charge in [-0.15, -0.1) is 0 Å². The fourth-order valence-electron chi connectivity index (χ4n) is 6.53. The zero-order valence-electron chi connectivity index (χ0n) is 20.0. The summed E-state index contributed by atoms with van der Waals surface area (Å²) in [4.78, 5) is 30.6. The van der Waals surface area contributed by atoms with E-state index in [0.717, 1.165) is 59.0 Å². The van der Waals surface area contributed by atoms with Crippen molar-refractivity contribution in [2.75, 3.05) is 6.61 Å². The Hall–Kier alpha value is -2.90. The van der Waals surface area contributed by atoms with Crippen LogP contribution in [0.3, 0.4) is 0 Å². The SMILES string of the molecule is CC[C@@]1(O)C(=O)OCC2=C1/C=C1/c3nc4cc(F)c(C)c5c4c(c3CCC1CCC2=O)[C@@H](N)CC5. The monoisotopic (exact) mass is 476 g/mol. The normalized spacial score (nSPS) is 29.5. The molecule has 0 bridgehead atoms. The number of aliphatic hydroxyl groups is 1. The first kappa shape index (κ1) is 22.6. The van der Waals surface area contributed by atoms with Gasteiger partial charge in [0.1, 0.15) is 12.4 Å². The zero-order valence-corrected chi connectivity index (χ0v) is 20.0. The van der Waals surface area contributed by atoms with Gasteiger partial charge in [-0.05, 0) is 85.3 Å². The van der Waals surface area contributed by atoms with Crippen molar-refractivity contribution in [2.24, 2.45) is 11.7 Å². The van der Waals surface area contributed by atoms with Gasteiger partial charge in [-0.3, -0.25) is 4.79 Å². The van der Waals surface area contributed by atoms with Crippen molar-refractivity contribution in [3.05, 3.63) is 57.1 Å². The highest BCUT2D eigenvalue weighted by Gasteiger charge is 2.46. The van der Waals surface area contributed by atoms with E-state index < -0.39 is 11.6 Å². The molecule has 1 aromatic heterocycles. The van der Waals surface area contributed by atoms with E-state index in [0.29, 0.717) is 35.1 Å². The Morgan fingerprint density at radius 1 is 1.20 bits per heavy atom. The molecular formula is C28H29FN2O4. The highest BCUT2D eigenvalue weighted by atomic mass is 19.1. The Kier molecular flexibility index (Phi) is 5.03. The maximum atomic E-state index is 14.9. The van der Waals surface area contributed by atoms with E-state index in [1.165, 1.54) is 6.07 Å². The van der Waals surface area contributed by atoms with Gasteiger partial charge in [0.15, 0.2) is 11.4 Å². The predicted molar refractivity (Wildman–Crippen MR) is 129 cm³/mol. The molecular weight excluding hydrogens is 447 g/mol. The average Bonchev–Trinajstić information content (AvgIpc) is 2.84. The van der Waals surface area contributed by atoms with Crippen LogP contribution < -0.4 is 5.73 Å². The molecule has 0 amide bonds. The lowest BCUT2D eigenvalue weighted by molar-refractivity contribution is -0.163. The summed E-state index contributed by atoms with van der Waals surface area (Å²) in [7, 11) is 0. The first-order chi connectivity index (χ1) is 16.7. The first-order valence-corrected chi connectivity index (χ1v) is 12.5. The second-order valence-electron chi connectivity index (χ2n) is 10.3. The van der Waals surface area contributed by atoms with Gasteiger partial charge in [0.05, 0.1) is 11.2 Å². The highest BCUT2D eigenvalue weighted by Crippen LogP contribution is 2.48. The molecule has 1 unspecified atom stereocenters. The number of fused-ring (bicyclic) bond motifs is 4. The third kappa shape index (κ3) is 3.10. The van der Waals surface area contributed by atoms with E-state index in [-0.39, 0.29) is 36.6 Å². The Bertz CT molecular complexity index is 1390. The molecule has 182 valence electrons. The smallest absolute Gasteiger partial charge is 0.343 e. The Morgan fingerprint density at radius 2 is 1.94 bits per heavy atom. The number of aromatic nitrogens is 1. The van der Waals surface area contributed by atoms with Crippen LogP contribution in [0.4, 0.5) is 4.39 Å². The van der Waals surface area contributed by atoms with Crippen molar-refractivity contribution in [3.8, 4) is 0 Å². The first-order valence-electron chi connectivity index (χ1n) is 12.5. The van der Waals surface area contributed by atoms with Gasteiger partial charge >= 0.3 is 5.97 Å². The van der Waals surface area contributed by atoms with Crippen LogP contribution >= 0.6 is 0 Å². The number of hydrogen-bond acceptors (Lipinski definition) is 6. The average molecular weight is 477 g/mol. The molecule has 1 aliphatic heterocycles. The van der Waals surface area contributed by atoms with E-state index >= 15 is 0 Å². The molecule has 1 aromatic carbocycles. The van der Waals surface area contributed by atoms with E-state index in [1.54, 1.807) is 6.92 Å². The quantitative estimate of drug-likeness (QED) is 0.605. The van der Waals surface area contributed by atoms with Gasteiger partial charge in [-0.2, -0.15) is 0 Å². The summed E-state index contributed by atoms with van der Waals surface area (Å²) in [5.41, 5.74) is 11.5. The minimum atomic E-state index is -1.88. The largest absolute Gasteiger partial charge is 0.458 e. The minimum absolute atomic E-state index is 0.0475. The van der Waals surface area contributed by atoms with Crippen LogP contribution in [0.15, 0.2) is 23.3 Å². The van der Waals surface area contributed by atoms with E-state index in [4.69, 9.17) is 15.5 Å². The van der Waals surface area contributed by atoms with Gasteiger partial charge in [0, 0.05) is 35.1 Å². The number of ether oxygens (including phenoxy) is 1. The molecule has 7 heteroatoms. The summed E-state index contributed by atoms with van der Waals surface area (Å²) in [6.45, 7) is 3.38. The topological polar surface area (TPSA) is 103 Å². The molecule has 6 nitrogen and oxygen atoms in total. The lowest BCUT2D eigenvalue weighted by atomic mass is 9.71. The standard InChI is InChI=1S/C28H29FN2O4/c1-3-28(34)19-10-17-14(5-9-23(32)18(19)12-35-27(28)33)4-6-16-24-21(30)8-7-15-13(2)20(29)11-22(25(15)24)31-26(16)17/h10-11,14,21,34H,3-9,12,30H2,1-2H3/b17-10+/t14?,21-,28-/m0/s1. The van der Waals surface area contributed by atoms with Gasteiger partial charge in [-0.1, -0.05) is 6.92 Å². The minimum Gasteiger partial charge on any atom is -0.458 e. The van der Waals surface area contributed by atoms with Crippen molar-refractivity contribution >= 4 is 28.2 Å². The number of nitrogens with zero attached hydrogens (tertiary/aromatic N) is 1. The molecule has 0 radical (unpaired) electrons. The van der Waals surface area contributed by atoms with Crippen molar-refractivity contribution in [3.63, 3.8) is 0 Å². The third-order valence-corrected chi connectivity index (χ3v) is 8.60. The Balaban J connectivity index is 1.67. The number of aryl methyl sites for hydroxylation is 1. The summed E-state index contributed by atoms with van der Waals surface area (Å²) in [6, 6.07) is 1.34. The van der Waals surface area contributed by atoms with Crippen molar-refractivity contribution in [1.82, 2.24) is 4.98 Å². The highest BCUT2D eigenvalue weighted by molar-refractivity contribution is 6.02. The van der Waals surface area contributed by atoms with Crippen LogP contribution in [0.1, 0.15) is 73.0 Å². The third-order valence-electron chi connectivity index (χ3n) is 8.60. The van der Waals surface area contributed by atoms with Gasteiger partial charge in [0.2, 0.25) is 0 Å². The number of halogens is 1. The van der Waals surface area contributed by atoms with E-state index in [2.05, 4.69) is 0 Å². The molecule has 3 aliphatic carbocycles. The number of cyclic esters (lactones) is 1. The molecule has 0 fully saturated rings. The van der Waals surface area contributed by atoms with Crippen molar-refractivity contribution in [2.45, 2.75) is 70.4 Å². The van der Waals surface area contributed by atoms with Crippen LogP contribution in [-0.4, -0.2) is 34.1 Å². The van der Waals surface area contributed by atoms with Crippen LogP contribution in [-0.2, 0) is 27.2 Å². The summed E-state index contributed by atoms with van der Waals surface area (Å²) < 4.78 is 20.1. The summed E-state index contributed by atoms with van der Waals surface area (Å²) in [6.07, 6.45) is 5.93. The lowest BCUT2D eigenvalue weighted by Gasteiger charge is -2.37. The Labute approximate surface area is 203 Å². The summed E-state index contributed by atoms with van der Waals surface area (Å²) >= 11 is 0. The molecule has 3 N–H and O–H groups in total. The van der Waals surface area contributed by atoms with Crippen LogP contribution in [0.2, 0.25) is 0 Å². The second kappa shape index (κ2) is 7.80. The molecule has 4 aliphatic rings. The van der Waals surface area contributed by atoms with Crippen molar-refractivity contribution < 1.29 is 23.8 Å². The second-order valence-corrected chi connectivity index (χ2v) is 10.3. The number of carbonyl (C=O) groups excluding carboxylic acids is 2. The van der Waals surface area contributed by atoms with Crippen LogP contribution in [0, 0.1) is 18.7 Å². The molecule has 0 saturated heterocycles. The molecule has 35 heavy (non-hydrogen) atoms. The molecule has 6 rings (SSSR count). The fraction of sp³-hybridized carbons (Fsp3) is 0.464. The maximum absolute atomic E-state index is 14.9. The number of pyridine rings is 1. The fourth-order valence-corrected chi connectivity index (χ4v) is 6.53. The van der Waals surface area contributed by atoms with Crippen LogP contribution in [0.25, 0.3) is 16.5 Å². The van der Waals surface area contributed by atoms with Gasteiger partial charge < -0.3 is 15.6 Å². The Morgan fingerprint density at radius 3 is 2.71 bits per heavy atom. The molecule has 0 saturated carbocycles. The predicted octanol–water partition coefficient (Wildman–Crippen LogP) is 3.93. The molecule has 2 aromatic rings. The number of rotatable bonds is 1. The van der Waals surface area contributed by atoms with Gasteiger partial charge in [0.25, 0.3) is 0 Å². The molecule has 3 atom stereocenters. The number of esters is 1. The van der Waals surface area contributed by atoms with E-state index in [1.807, 2.05) is 13.0 Å². The summed E-state index contributed by atoms with van der Waals surface area (Å²) in [5, 5.41) is 12.3. The number of benzene rings is 1.